The smallest absolute Gasteiger partial charge is 0.327 e. The third-order valence-corrected chi connectivity index (χ3v) is 7.38. The van der Waals surface area contributed by atoms with Gasteiger partial charge in [0.15, 0.2) is 5.82 Å². The number of pyridine rings is 1. The molecular weight excluding hydrogens is 523 g/mol. The number of carbonyl (C=O) groups excluding carboxylic acids is 2. The summed E-state index contributed by atoms with van der Waals surface area (Å²) in [7, 11) is 0. The van der Waals surface area contributed by atoms with Crippen molar-refractivity contribution in [3.8, 4) is 0 Å². The number of anilines is 3. The normalized spacial score (nSPS) is 16.9. The average molecular weight is 566 g/mol. The van der Waals surface area contributed by atoms with E-state index in [4.69, 9.17) is 0 Å². The molecule has 1 aromatic heterocycles. The number of carbonyl (C=O) groups is 2. The van der Waals surface area contributed by atoms with E-state index in [1.807, 2.05) is 6.07 Å². The van der Waals surface area contributed by atoms with Gasteiger partial charge >= 0.3 is 6.03 Å². The van der Waals surface area contributed by atoms with E-state index in [1.54, 1.807) is 36.5 Å². The van der Waals surface area contributed by atoms with Crippen LogP contribution in [0.25, 0.3) is 0 Å². The number of piperidine rings is 1. The molecular formula is C28H42Cl2N6O2. The highest BCUT2D eigenvalue weighted by Gasteiger charge is 2.30. The van der Waals surface area contributed by atoms with Gasteiger partial charge in [-0.15, -0.1) is 24.8 Å². The summed E-state index contributed by atoms with van der Waals surface area (Å²) in [6.45, 7) is 11.5. The van der Waals surface area contributed by atoms with Crippen molar-refractivity contribution in [1.29, 1.82) is 0 Å². The highest BCUT2D eigenvalue weighted by Crippen LogP contribution is 2.36. The summed E-state index contributed by atoms with van der Waals surface area (Å²) in [6.07, 6.45) is 8.02. The molecule has 210 valence electrons. The summed E-state index contributed by atoms with van der Waals surface area (Å²) >= 11 is 0. The van der Waals surface area contributed by atoms with Gasteiger partial charge in [0.1, 0.15) is 0 Å². The van der Waals surface area contributed by atoms with Crippen molar-refractivity contribution in [2.75, 3.05) is 56.0 Å². The second-order valence-electron chi connectivity index (χ2n) is 9.74. The zero-order valence-corrected chi connectivity index (χ0v) is 24.2. The fourth-order valence-corrected chi connectivity index (χ4v) is 5.34. The minimum absolute atomic E-state index is 0. The number of fused-ring (bicyclic) bond motifs is 2. The van der Waals surface area contributed by atoms with Crippen LogP contribution in [0.4, 0.5) is 22.0 Å². The Morgan fingerprint density at radius 3 is 2.71 bits per heavy atom. The molecule has 2 aliphatic heterocycles. The Morgan fingerprint density at radius 1 is 1.13 bits per heavy atom. The van der Waals surface area contributed by atoms with Gasteiger partial charge in [0.25, 0.3) is 5.91 Å². The second kappa shape index (κ2) is 15.9. The number of likely N-dealkylation sites (tertiary alicyclic amines) is 1. The van der Waals surface area contributed by atoms with Crippen LogP contribution in [0.3, 0.4) is 0 Å². The molecule has 10 heteroatoms. The standard InChI is InChI=1S/C28H40N6O2.2ClH/c1-3-32(4-2)18-8-7-11-22-12-10-19-33(21-22)20-17-30-28(36)34-25-15-6-5-13-23(25)27(35)31-24-14-9-16-29-26(24)34;;/h5-6,9,13-16,22H,3-4,7-8,10-12,17-21H2,1-2H3,(H,30,36)(H,31,35);2*1H. The fourth-order valence-electron chi connectivity index (χ4n) is 5.34. The summed E-state index contributed by atoms with van der Waals surface area (Å²) in [5, 5.41) is 5.95. The van der Waals surface area contributed by atoms with E-state index in [0.29, 0.717) is 29.3 Å². The van der Waals surface area contributed by atoms with E-state index < -0.39 is 0 Å². The molecule has 0 spiro atoms. The number of amides is 3. The minimum Gasteiger partial charge on any atom is -0.336 e. The van der Waals surface area contributed by atoms with Crippen molar-refractivity contribution in [3.63, 3.8) is 0 Å². The van der Waals surface area contributed by atoms with Crippen molar-refractivity contribution in [2.24, 2.45) is 5.92 Å². The number of nitrogens with one attached hydrogen (secondary N) is 2. The molecule has 1 saturated heterocycles. The number of para-hydroxylation sites is 1. The SMILES string of the molecule is CCN(CC)CCCCC1CCCN(CCNC(=O)N2c3ccccc3C(=O)Nc3cccnc32)C1.Cl.Cl. The van der Waals surface area contributed by atoms with Crippen LogP contribution in [0.5, 0.6) is 0 Å². The van der Waals surface area contributed by atoms with E-state index in [0.717, 1.165) is 38.6 Å². The number of unbranched alkanes of at least 4 members (excludes halogenated alkanes) is 1. The molecule has 0 bridgehead atoms. The molecule has 0 radical (unpaired) electrons. The molecule has 0 aliphatic carbocycles. The lowest BCUT2D eigenvalue weighted by Gasteiger charge is -2.33. The second-order valence-corrected chi connectivity index (χ2v) is 9.74. The van der Waals surface area contributed by atoms with E-state index in [9.17, 15) is 9.59 Å². The van der Waals surface area contributed by atoms with Crippen LogP contribution in [0.1, 0.15) is 56.3 Å². The molecule has 2 aliphatic rings. The average Bonchev–Trinajstić information content (AvgIpc) is 3.03. The Labute approximate surface area is 239 Å². The molecule has 1 aromatic carbocycles. The van der Waals surface area contributed by atoms with Gasteiger partial charge in [-0.3, -0.25) is 4.79 Å². The molecule has 1 unspecified atom stereocenters. The van der Waals surface area contributed by atoms with Gasteiger partial charge in [-0.25, -0.2) is 14.7 Å². The lowest BCUT2D eigenvalue weighted by Crippen LogP contribution is -2.44. The zero-order valence-electron chi connectivity index (χ0n) is 22.5. The highest BCUT2D eigenvalue weighted by molar-refractivity contribution is 6.16. The monoisotopic (exact) mass is 564 g/mol. The summed E-state index contributed by atoms with van der Waals surface area (Å²) in [4.78, 5) is 37.0. The van der Waals surface area contributed by atoms with E-state index in [2.05, 4.69) is 39.3 Å². The number of hydrogen-bond acceptors (Lipinski definition) is 5. The summed E-state index contributed by atoms with van der Waals surface area (Å²) in [5.41, 5.74) is 1.51. The quantitative estimate of drug-likeness (QED) is 0.369. The molecule has 8 nitrogen and oxygen atoms in total. The predicted molar refractivity (Wildman–Crippen MR) is 159 cm³/mol. The summed E-state index contributed by atoms with van der Waals surface area (Å²) in [5.74, 6) is 0.930. The molecule has 4 rings (SSSR count). The zero-order chi connectivity index (χ0) is 25.3. The first-order valence-electron chi connectivity index (χ1n) is 13.5. The maximum Gasteiger partial charge on any atom is 0.327 e. The Hall–Kier alpha value is -2.39. The first-order chi connectivity index (χ1) is 17.6. The third-order valence-electron chi connectivity index (χ3n) is 7.38. The van der Waals surface area contributed by atoms with E-state index in [-0.39, 0.29) is 36.8 Å². The molecule has 2 aromatic rings. The third kappa shape index (κ3) is 8.06. The molecule has 3 amide bonds. The van der Waals surface area contributed by atoms with Gasteiger partial charge in [0.2, 0.25) is 0 Å². The highest BCUT2D eigenvalue weighted by atomic mass is 35.5. The number of halogens is 2. The lowest BCUT2D eigenvalue weighted by atomic mass is 9.92. The van der Waals surface area contributed by atoms with Crippen LogP contribution >= 0.6 is 24.8 Å². The first kappa shape index (κ1) is 31.8. The number of nitrogens with zero attached hydrogens (tertiary/aromatic N) is 4. The number of aromatic nitrogens is 1. The van der Waals surface area contributed by atoms with Crippen molar-refractivity contribution in [3.05, 3.63) is 48.2 Å². The molecule has 38 heavy (non-hydrogen) atoms. The molecule has 0 saturated carbocycles. The molecule has 3 heterocycles. The summed E-state index contributed by atoms with van der Waals surface area (Å²) in [6, 6.07) is 10.4. The van der Waals surface area contributed by atoms with Gasteiger partial charge in [-0.1, -0.05) is 32.4 Å². The lowest BCUT2D eigenvalue weighted by molar-refractivity contribution is 0.102. The maximum absolute atomic E-state index is 13.4. The number of hydrogen-bond donors (Lipinski definition) is 2. The molecule has 2 N–H and O–H groups in total. The van der Waals surface area contributed by atoms with Gasteiger partial charge in [0, 0.05) is 25.8 Å². The van der Waals surface area contributed by atoms with Gasteiger partial charge < -0.3 is 20.4 Å². The fraction of sp³-hybridized carbons (Fsp3) is 0.536. The van der Waals surface area contributed by atoms with Crippen LogP contribution < -0.4 is 15.5 Å². The Morgan fingerprint density at radius 2 is 1.92 bits per heavy atom. The Kier molecular flexibility index (Phi) is 13.3. The maximum atomic E-state index is 13.4. The van der Waals surface area contributed by atoms with E-state index in [1.165, 1.54) is 43.5 Å². The van der Waals surface area contributed by atoms with Crippen molar-refractivity contribution in [1.82, 2.24) is 20.1 Å². The van der Waals surface area contributed by atoms with Crippen LogP contribution in [-0.4, -0.2) is 72.5 Å². The number of benzene rings is 1. The van der Waals surface area contributed by atoms with Crippen molar-refractivity contribution in [2.45, 2.75) is 46.0 Å². The predicted octanol–water partition coefficient (Wildman–Crippen LogP) is 5.56. The van der Waals surface area contributed by atoms with Crippen molar-refractivity contribution < 1.29 is 9.59 Å². The van der Waals surface area contributed by atoms with E-state index >= 15 is 0 Å². The molecule has 1 atom stereocenters. The van der Waals surface area contributed by atoms with Crippen LogP contribution in [-0.2, 0) is 0 Å². The van der Waals surface area contributed by atoms with Gasteiger partial charge in [0.05, 0.1) is 16.9 Å². The van der Waals surface area contributed by atoms with Gasteiger partial charge in [-0.2, -0.15) is 0 Å². The number of urea groups is 1. The molecule has 1 fully saturated rings. The topological polar surface area (TPSA) is 80.8 Å². The largest absolute Gasteiger partial charge is 0.336 e. The van der Waals surface area contributed by atoms with Crippen LogP contribution in [0.2, 0.25) is 0 Å². The number of rotatable bonds is 10. The van der Waals surface area contributed by atoms with Crippen LogP contribution in [0.15, 0.2) is 42.6 Å². The Balaban J connectivity index is 0.00000253. The minimum atomic E-state index is -0.274. The summed E-state index contributed by atoms with van der Waals surface area (Å²) < 4.78 is 0. The van der Waals surface area contributed by atoms with Crippen LogP contribution in [0, 0.1) is 5.92 Å². The van der Waals surface area contributed by atoms with Crippen molar-refractivity contribution >= 4 is 53.9 Å². The first-order valence-corrected chi connectivity index (χ1v) is 13.5. The van der Waals surface area contributed by atoms with Gasteiger partial charge in [-0.05, 0) is 82.0 Å². The Bertz CT molecular complexity index is 1040.